The van der Waals surface area contributed by atoms with Crippen LogP contribution in [0.4, 0.5) is 0 Å². The van der Waals surface area contributed by atoms with Crippen LogP contribution in [0.5, 0.6) is 5.75 Å². The number of H-pyrrole nitrogens is 2. The van der Waals surface area contributed by atoms with Crippen molar-refractivity contribution in [3.8, 4) is 28.0 Å². The number of benzene rings is 3. The Bertz CT molecular complexity index is 1730. The lowest BCUT2D eigenvalue weighted by molar-refractivity contribution is 0.285. The summed E-state index contributed by atoms with van der Waals surface area (Å²) >= 11 is 0. The summed E-state index contributed by atoms with van der Waals surface area (Å²) in [6, 6.07) is 14.2. The van der Waals surface area contributed by atoms with Crippen molar-refractivity contribution in [1.82, 2.24) is 30.8 Å². The molecule has 3 aromatic carbocycles. The summed E-state index contributed by atoms with van der Waals surface area (Å²) in [5, 5.41) is 35.1. The minimum absolute atomic E-state index is 0.124. The Labute approximate surface area is 243 Å². The Balaban J connectivity index is 1.74. The summed E-state index contributed by atoms with van der Waals surface area (Å²) < 4.78 is 0. The third-order valence-electron chi connectivity index (χ3n) is 7.89. The van der Waals surface area contributed by atoms with Crippen LogP contribution in [0.2, 0.25) is 0 Å². The van der Waals surface area contributed by atoms with Gasteiger partial charge in [0.25, 0.3) is 0 Å². The Hall–Kier alpha value is -3.74. The Morgan fingerprint density at radius 1 is 0.610 bits per heavy atom. The normalized spacial score (nSPS) is 13.4. The summed E-state index contributed by atoms with van der Waals surface area (Å²) in [5.41, 5.74) is 9.16. The monoisotopic (exact) mass is 552 g/mol. The number of rotatable bonds is 6. The molecule has 216 valence electrons. The van der Waals surface area contributed by atoms with Gasteiger partial charge in [-0.15, -0.1) is 0 Å². The first-order valence-corrected chi connectivity index (χ1v) is 14.5. The lowest BCUT2D eigenvalue weighted by Crippen LogP contribution is -2.25. The second-order valence-corrected chi connectivity index (χ2v) is 15.4. The van der Waals surface area contributed by atoms with Crippen LogP contribution in [0.15, 0.2) is 42.5 Å². The van der Waals surface area contributed by atoms with Crippen LogP contribution in [0, 0.1) is 10.8 Å². The molecule has 0 aliphatic heterocycles. The zero-order valence-corrected chi connectivity index (χ0v) is 26.2. The maximum Gasteiger partial charge on any atom is 0.124 e. The number of phenols is 1. The molecule has 41 heavy (non-hydrogen) atoms. The lowest BCUT2D eigenvalue weighted by Gasteiger charge is -2.33. The van der Waals surface area contributed by atoms with Crippen LogP contribution in [0.1, 0.15) is 93.2 Å². The highest BCUT2D eigenvalue weighted by Gasteiger charge is 2.32. The summed E-state index contributed by atoms with van der Waals surface area (Å²) in [7, 11) is 0. The van der Waals surface area contributed by atoms with Gasteiger partial charge in [-0.3, -0.25) is 0 Å². The largest absolute Gasteiger partial charge is 0.507 e. The summed E-state index contributed by atoms with van der Waals surface area (Å²) in [6.07, 6.45) is 1.95. The molecule has 0 radical (unpaired) electrons. The van der Waals surface area contributed by atoms with Crippen molar-refractivity contribution in [2.24, 2.45) is 10.8 Å². The molecule has 2 heterocycles. The van der Waals surface area contributed by atoms with Crippen molar-refractivity contribution in [3.63, 3.8) is 0 Å². The number of nitrogens with one attached hydrogen (secondary N) is 2. The fourth-order valence-electron chi connectivity index (χ4n) is 7.16. The molecule has 0 saturated carbocycles. The third-order valence-corrected chi connectivity index (χ3v) is 7.89. The molecular weight excluding hydrogens is 508 g/mol. The zero-order chi connectivity index (χ0) is 30.0. The van der Waals surface area contributed by atoms with E-state index >= 15 is 0 Å². The maximum absolute atomic E-state index is 11.4. The van der Waals surface area contributed by atoms with Crippen LogP contribution in [-0.2, 0) is 10.8 Å². The standard InChI is InChI=1S/C34H44N6O/c1-31(2,3)18-33(7,8)23-14-20(16-25-29(23)37-39-35-25)22-12-11-13-27(41)28(22)21-15-24(30-26(17-21)36-40-38-30)34(9,10)19-32(4,5)6/h11-17,41H,18-19H2,1-10H3,(H,35,37,39)(H,36,38,40). The fraction of sp³-hybridized carbons (Fsp3) is 0.471. The summed E-state index contributed by atoms with van der Waals surface area (Å²) in [5.74, 6) is 0.223. The van der Waals surface area contributed by atoms with E-state index in [1.54, 1.807) is 6.07 Å². The molecule has 0 unspecified atom stereocenters. The van der Waals surface area contributed by atoms with Crippen molar-refractivity contribution in [2.45, 2.75) is 92.9 Å². The van der Waals surface area contributed by atoms with E-state index in [9.17, 15) is 5.11 Å². The number of aromatic nitrogens is 6. The molecule has 7 heteroatoms. The number of aromatic amines is 2. The molecule has 0 saturated heterocycles. The van der Waals surface area contributed by atoms with Gasteiger partial charge in [-0.25, -0.2) is 0 Å². The highest BCUT2D eigenvalue weighted by Crippen LogP contribution is 2.46. The number of aromatic hydroxyl groups is 1. The molecule has 0 atom stereocenters. The van der Waals surface area contributed by atoms with Gasteiger partial charge in [0.2, 0.25) is 0 Å². The molecule has 3 N–H and O–H groups in total. The second kappa shape index (κ2) is 9.68. The highest BCUT2D eigenvalue weighted by molar-refractivity contribution is 5.95. The third kappa shape index (κ3) is 5.72. The number of hydrogen-bond donors (Lipinski definition) is 3. The molecule has 0 spiro atoms. The molecule has 0 amide bonds. The van der Waals surface area contributed by atoms with Gasteiger partial charge in [-0.1, -0.05) is 81.4 Å². The highest BCUT2D eigenvalue weighted by atomic mass is 16.3. The van der Waals surface area contributed by atoms with E-state index in [4.69, 9.17) is 0 Å². The molecule has 7 nitrogen and oxygen atoms in total. The molecule has 0 aliphatic carbocycles. The van der Waals surface area contributed by atoms with Crippen molar-refractivity contribution in [1.29, 1.82) is 0 Å². The van der Waals surface area contributed by atoms with Gasteiger partial charge >= 0.3 is 0 Å². The molecule has 0 bridgehead atoms. The molecule has 5 aromatic rings. The van der Waals surface area contributed by atoms with E-state index in [-0.39, 0.29) is 27.4 Å². The van der Waals surface area contributed by atoms with E-state index < -0.39 is 0 Å². The number of hydrogen-bond acceptors (Lipinski definition) is 5. The maximum atomic E-state index is 11.4. The minimum Gasteiger partial charge on any atom is -0.507 e. The van der Waals surface area contributed by atoms with E-state index in [2.05, 4.69) is 124 Å². The smallest absolute Gasteiger partial charge is 0.124 e. The fourth-order valence-corrected chi connectivity index (χ4v) is 7.16. The molecule has 2 aromatic heterocycles. The van der Waals surface area contributed by atoms with Crippen molar-refractivity contribution < 1.29 is 5.11 Å². The molecule has 5 rings (SSSR count). The van der Waals surface area contributed by atoms with Crippen LogP contribution in [-0.4, -0.2) is 35.9 Å². The number of nitrogens with zero attached hydrogens (tertiary/aromatic N) is 4. The summed E-state index contributed by atoms with van der Waals surface area (Å²) in [6.45, 7) is 22.7. The van der Waals surface area contributed by atoms with Gasteiger partial charge in [0.05, 0.1) is 0 Å². The number of fused-ring (bicyclic) bond motifs is 2. The Morgan fingerprint density at radius 2 is 1.07 bits per heavy atom. The SMILES string of the molecule is CC(C)(C)CC(C)(C)c1cc(-c2cccc(O)c2-c2cc(C(C)(C)CC(C)(C)C)c3n[nH]nc3c2)cc2n[nH]nc12. The van der Waals surface area contributed by atoms with Crippen LogP contribution >= 0.6 is 0 Å². The number of phenolic OH excluding ortho intramolecular Hbond substituents is 1. The average molecular weight is 553 g/mol. The van der Waals surface area contributed by atoms with E-state index in [1.807, 2.05) is 12.1 Å². The van der Waals surface area contributed by atoms with E-state index in [0.717, 1.165) is 68.3 Å². The first-order chi connectivity index (χ1) is 19.0. The first-order valence-electron chi connectivity index (χ1n) is 14.5. The summed E-state index contributed by atoms with van der Waals surface area (Å²) in [4.78, 5) is 0. The topological polar surface area (TPSA) is 103 Å². The van der Waals surface area contributed by atoms with Gasteiger partial charge in [-0.2, -0.15) is 30.8 Å². The van der Waals surface area contributed by atoms with E-state index in [1.165, 1.54) is 0 Å². The molecular formula is C34H44N6O. The lowest BCUT2D eigenvalue weighted by atomic mass is 9.71. The van der Waals surface area contributed by atoms with Crippen molar-refractivity contribution >= 4 is 22.1 Å². The van der Waals surface area contributed by atoms with Gasteiger partial charge in [-0.05, 0) is 92.7 Å². The molecule has 0 fully saturated rings. The van der Waals surface area contributed by atoms with Gasteiger partial charge in [0, 0.05) is 5.56 Å². The second-order valence-electron chi connectivity index (χ2n) is 15.4. The Kier molecular flexibility index (Phi) is 6.79. The first kappa shape index (κ1) is 28.8. The zero-order valence-electron chi connectivity index (χ0n) is 26.2. The quantitative estimate of drug-likeness (QED) is 0.195. The Morgan fingerprint density at radius 3 is 1.56 bits per heavy atom. The van der Waals surface area contributed by atoms with Crippen molar-refractivity contribution in [3.05, 3.63) is 53.6 Å². The van der Waals surface area contributed by atoms with Gasteiger partial charge < -0.3 is 5.11 Å². The van der Waals surface area contributed by atoms with Crippen molar-refractivity contribution in [2.75, 3.05) is 0 Å². The minimum atomic E-state index is -0.169. The van der Waals surface area contributed by atoms with Crippen LogP contribution < -0.4 is 0 Å². The van der Waals surface area contributed by atoms with Crippen LogP contribution in [0.3, 0.4) is 0 Å². The van der Waals surface area contributed by atoms with E-state index in [0.29, 0.717) is 0 Å². The average Bonchev–Trinajstić information content (AvgIpc) is 3.48. The van der Waals surface area contributed by atoms with Gasteiger partial charge in [0.15, 0.2) is 0 Å². The van der Waals surface area contributed by atoms with Crippen LogP contribution in [0.25, 0.3) is 44.3 Å². The van der Waals surface area contributed by atoms with Gasteiger partial charge in [0.1, 0.15) is 27.8 Å². The predicted molar refractivity (Wildman–Crippen MR) is 168 cm³/mol. The molecule has 0 aliphatic rings. The predicted octanol–water partition coefficient (Wildman–Crippen LogP) is 8.70.